The Labute approximate surface area is 106 Å². The van der Waals surface area contributed by atoms with E-state index in [1.165, 1.54) is 0 Å². The third kappa shape index (κ3) is 4.55. The Morgan fingerprint density at radius 1 is 1.22 bits per heavy atom. The number of nitrogens with one attached hydrogen (secondary N) is 1. The molecule has 0 fully saturated rings. The molecule has 0 aliphatic carbocycles. The van der Waals surface area contributed by atoms with E-state index in [9.17, 15) is 13.2 Å². The van der Waals surface area contributed by atoms with Gasteiger partial charge in [-0.1, -0.05) is 20.8 Å². The molecule has 0 saturated carbocycles. The lowest BCUT2D eigenvalue weighted by atomic mass is 9.92. The number of hydrogen-bond acceptors (Lipinski definition) is 2. The number of halogens is 3. The summed E-state index contributed by atoms with van der Waals surface area (Å²) in [5, 5.41) is 3.07. The van der Waals surface area contributed by atoms with Gasteiger partial charge in [0.15, 0.2) is 0 Å². The van der Waals surface area contributed by atoms with Gasteiger partial charge in [-0.05, 0) is 30.4 Å². The maximum atomic E-state index is 12.4. The van der Waals surface area contributed by atoms with E-state index in [1.807, 2.05) is 0 Å². The molecular formula is C13H19F3N2. The largest absolute Gasteiger partial charge is 0.417 e. The van der Waals surface area contributed by atoms with Gasteiger partial charge in [-0.25, -0.2) is 4.98 Å². The van der Waals surface area contributed by atoms with Crippen molar-refractivity contribution >= 4 is 5.82 Å². The Bertz CT molecular complexity index is 406. The zero-order valence-electron chi connectivity index (χ0n) is 11.2. The van der Waals surface area contributed by atoms with Crippen molar-refractivity contribution in [3.8, 4) is 0 Å². The van der Waals surface area contributed by atoms with Crippen LogP contribution in [0.2, 0.25) is 0 Å². The SMILES string of the molecule is Cc1cc(C(F)(F)F)cnc1NCCC(C)(C)C. The second-order valence-corrected chi connectivity index (χ2v) is 5.62. The van der Waals surface area contributed by atoms with Crippen LogP contribution < -0.4 is 5.32 Å². The predicted octanol–water partition coefficient (Wildman–Crippen LogP) is 4.26. The van der Waals surface area contributed by atoms with Crippen LogP contribution in [0.15, 0.2) is 12.3 Å². The molecule has 1 aromatic rings. The average Bonchev–Trinajstić information content (AvgIpc) is 2.17. The van der Waals surface area contributed by atoms with Crippen molar-refractivity contribution in [2.24, 2.45) is 5.41 Å². The van der Waals surface area contributed by atoms with Crippen LogP contribution in [0.3, 0.4) is 0 Å². The molecule has 0 aromatic carbocycles. The van der Waals surface area contributed by atoms with Crippen LogP contribution in [0, 0.1) is 12.3 Å². The second-order valence-electron chi connectivity index (χ2n) is 5.62. The van der Waals surface area contributed by atoms with E-state index in [-0.39, 0.29) is 5.41 Å². The average molecular weight is 260 g/mol. The van der Waals surface area contributed by atoms with Gasteiger partial charge in [-0.2, -0.15) is 13.2 Å². The summed E-state index contributed by atoms with van der Waals surface area (Å²) in [6, 6.07) is 1.12. The van der Waals surface area contributed by atoms with E-state index in [0.29, 0.717) is 17.9 Å². The van der Waals surface area contributed by atoms with Crippen molar-refractivity contribution < 1.29 is 13.2 Å². The maximum Gasteiger partial charge on any atom is 0.417 e. The quantitative estimate of drug-likeness (QED) is 0.878. The Balaban J connectivity index is 2.69. The Morgan fingerprint density at radius 2 is 1.83 bits per heavy atom. The molecule has 0 unspecified atom stereocenters. The van der Waals surface area contributed by atoms with Crippen LogP contribution in [0.1, 0.15) is 38.3 Å². The van der Waals surface area contributed by atoms with Crippen LogP contribution in [0.5, 0.6) is 0 Å². The van der Waals surface area contributed by atoms with Gasteiger partial charge < -0.3 is 5.32 Å². The molecule has 1 N–H and O–H groups in total. The van der Waals surface area contributed by atoms with Crippen LogP contribution in [-0.4, -0.2) is 11.5 Å². The van der Waals surface area contributed by atoms with Crippen molar-refractivity contribution in [3.05, 3.63) is 23.4 Å². The first-order valence-electron chi connectivity index (χ1n) is 5.87. The zero-order valence-corrected chi connectivity index (χ0v) is 11.2. The van der Waals surface area contributed by atoms with E-state index in [4.69, 9.17) is 0 Å². The van der Waals surface area contributed by atoms with Gasteiger partial charge in [0.05, 0.1) is 5.56 Å². The molecule has 18 heavy (non-hydrogen) atoms. The topological polar surface area (TPSA) is 24.9 Å². The smallest absolute Gasteiger partial charge is 0.370 e. The van der Waals surface area contributed by atoms with Crippen LogP contribution in [0.4, 0.5) is 19.0 Å². The third-order valence-electron chi connectivity index (χ3n) is 2.57. The monoisotopic (exact) mass is 260 g/mol. The molecule has 0 spiro atoms. The van der Waals surface area contributed by atoms with E-state index in [1.54, 1.807) is 6.92 Å². The molecule has 0 atom stereocenters. The number of aryl methyl sites for hydroxylation is 1. The van der Waals surface area contributed by atoms with E-state index in [2.05, 4.69) is 31.1 Å². The highest BCUT2D eigenvalue weighted by Crippen LogP contribution is 2.30. The fraction of sp³-hybridized carbons (Fsp3) is 0.615. The lowest BCUT2D eigenvalue weighted by molar-refractivity contribution is -0.137. The lowest BCUT2D eigenvalue weighted by Gasteiger charge is -2.19. The summed E-state index contributed by atoms with van der Waals surface area (Å²) in [6.45, 7) is 8.66. The summed E-state index contributed by atoms with van der Waals surface area (Å²) >= 11 is 0. The van der Waals surface area contributed by atoms with Gasteiger partial charge in [0.1, 0.15) is 5.82 Å². The Hall–Kier alpha value is -1.26. The van der Waals surface area contributed by atoms with Gasteiger partial charge >= 0.3 is 6.18 Å². The molecule has 0 saturated heterocycles. The first-order chi connectivity index (χ1) is 8.09. The minimum atomic E-state index is -4.33. The van der Waals surface area contributed by atoms with Crippen molar-refractivity contribution in [2.75, 3.05) is 11.9 Å². The number of hydrogen-bond donors (Lipinski definition) is 1. The Kier molecular flexibility index (Phi) is 4.24. The van der Waals surface area contributed by atoms with Crippen molar-refractivity contribution in [1.29, 1.82) is 0 Å². The number of nitrogens with zero attached hydrogens (tertiary/aromatic N) is 1. The summed E-state index contributed by atoms with van der Waals surface area (Å²) in [5.41, 5.74) is -0.00703. The van der Waals surface area contributed by atoms with Crippen LogP contribution in [-0.2, 0) is 6.18 Å². The summed E-state index contributed by atoms with van der Waals surface area (Å²) in [7, 11) is 0. The summed E-state index contributed by atoms with van der Waals surface area (Å²) in [4.78, 5) is 3.83. The molecule has 1 heterocycles. The van der Waals surface area contributed by atoms with Crippen molar-refractivity contribution in [2.45, 2.75) is 40.3 Å². The van der Waals surface area contributed by atoms with Crippen LogP contribution in [0.25, 0.3) is 0 Å². The number of pyridine rings is 1. The number of anilines is 1. The highest BCUT2D eigenvalue weighted by molar-refractivity contribution is 5.44. The summed E-state index contributed by atoms with van der Waals surface area (Å²) in [5.74, 6) is 0.521. The molecule has 0 aliphatic heterocycles. The van der Waals surface area contributed by atoms with Gasteiger partial charge in [0.25, 0.3) is 0 Å². The number of rotatable bonds is 3. The molecular weight excluding hydrogens is 241 g/mol. The summed E-state index contributed by atoms with van der Waals surface area (Å²) in [6.07, 6.45) is -2.54. The minimum absolute atomic E-state index is 0.187. The van der Waals surface area contributed by atoms with E-state index in [0.717, 1.165) is 18.7 Å². The number of aromatic nitrogens is 1. The predicted molar refractivity (Wildman–Crippen MR) is 66.5 cm³/mol. The molecule has 0 amide bonds. The van der Waals surface area contributed by atoms with E-state index >= 15 is 0 Å². The maximum absolute atomic E-state index is 12.4. The van der Waals surface area contributed by atoms with Gasteiger partial charge in [0, 0.05) is 12.7 Å². The summed E-state index contributed by atoms with van der Waals surface area (Å²) < 4.78 is 37.3. The standard InChI is InChI=1S/C13H19F3N2/c1-9-7-10(13(14,15)16)8-18-11(9)17-6-5-12(2,3)4/h7-8H,5-6H2,1-4H3,(H,17,18). The molecule has 0 radical (unpaired) electrons. The third-order valence-corrected chi connectivity index (χ3v) is 2.57. The number of alkyl halides is 3. The first-order valence-corrected chi connectivity index (χ1v) is 5.87. The Morgan fingerprint density at radius 3 is 2.28 bits per heavy atom. The van der Waals surface area contributed by atoms with Crippen molar-refractivity contribution in [3.63, 3.8) is 0 Å². The molecule has 1 rings (SSSR count). The second kappa shape index (κ2) is 5.16. The highest BCUT2D eigenvalue weighted by Gasteiger charge is 2.31. The molecule has 0 bridgehead atoms. The highest BCUT2D eigenvalue weighted by atomic mass is 19.4. The van der Waals surface area contributed by atoms with Gasteiger partial charge in [-0.3, -0.25) is 0 Å². The molecule has 0 aliphatic rings. The van der Waals surface area contributed by atoms with Crippen molar-refractivity contribution in [1.82, 2.24) is 4.98 Å². The molecule has 2 nitrogen and oxygen atoms in total. The van der Waals surface area contributed by atoms with Gasteiger partial charge in [-0.15, -0.1) is 0 Å². The fourth-order valence-electron chi connectivity index (χ4n) is 1.47. The molecule has 5 heteroatoms. The lowest BCUT2D eigenvalue weighted by Crippen LogP contribution is -2.14. The van der Waals surface area contributed by atoms with E-state index < -0.39 is 11.7 Å². The molecule has 1 aromatic heterocycles. The molecule has 102 valence electrons. The van der Waals surface area contributed by atoms with Crippen LogP contribution >= 0.6 is 0 Å². The van der Waals surface area contributed by atoms with Gasteiger partial charge in [0.2, 0.25) is 0 Å². The minimum Gasteiger partial charge on any atom is -0.370 e. The fourth-order valence-corrected chi connectivity index (χ4v) is 1.47. The first kappa shape index (κ1) is 14.8. The normalized spacial score (nSPS) is 12.6. The zero-order chi connectivity index (χ0) is 14.0.